The van der Waals surface area contributed by atoms with Crippen molar-refractivity contribution in [2.75, 3.05) is 30.0 Å². The molecule has 0 amide bonds. The summed E-state index contributed by atoms with van der Waals surface area (Å²) >= 11 is 0. The van der Waals surface area contributed by atoms with Gasteiger partial charge in [-0.3, -0.25) is 5.41 Å². The Morgan fingerprint density at radius 2 is 2.00 bits per heavy atom. The van der Waals surface area contributed by atoms with E-state index in [1.807, 2.05) is 31.1 Å². The number of nitrogens with two attached hydrogens (primary N) is 1. The van der Waals surface area contributed by atoms with Crippen molar-refractivity contribution in [2.24, 2.45) is 0 Å². The highest BCUT2D eigenvalue weighted by atomic mass is 19.1. The van der Waals surface area contributed by atoms with Gasteiger partial charge < -0.3 is 16.0 Å². The number of aromatic nitrogens is 3. The highest BCUT2D eigenvalue weighted by Crippen LogP contribution is 2.23. The summed E-state index contributed by atoms with van der Waals surface area (Å²) in [5.74, 6) is 0.966. The number of pyridine rings is 1. The predicted molar refractivity (Wildman–Crippen MR) is 105 cm³/mol. The minimum atomic E-state index is -0.423. The van der Waals surface area contributed by atoms with Crippen molar-refractivity contribution >= 4 is 23.2 Å². The van der Waals surface area contributed by atoms with E-state index in [0.717, 1.165) is 11.4 Å². The first-order valence-electron chi connectivity index (χ1n) is 8.27. The lowest BCUT2D eigenvalue weighted by atomic mass is 10.0. The maximum absolute atomic E-state index is 13.5. The van der Waals surface area contributed by atoms with Gasteiger partial charge in [-0.1, -0.05) is 18.2 Å². The molecule has 0 atom stereocenters. The quantitative estimate of drug-likeness (QED) is 0.580. The zero-order valence-corrected chi connectivity index (χ0v) is 15.1. The van der Waals surface area contributed by atoms with Crippen LogP contribution in [0.15, 0.2) is 48.9 Å². The van der Waals surface area contributed by atoms with Crippen molar-refractivity contribution in [1.82, 2.24) is 15.0 Å². The summed E-state index contributed by atoms with van der Waals surface area (Å²) in [5, 5.41) is 11.7. The van der Waals surface area contributed by atoms with Gasteiger partial charge in [-0.2, -0.15) is 0 Å². The zero-order chi connectivity index (χ0) is 19.4. The Bertz CT molecular complexity index is 972. The second kappa shape index (κ2) is 7.77. The standard InChI is InChI=1S/C19H20FN7/c1-27(2)19-13(6-4-8-23-19)10-24-18-15(17(22)25-11-26-18)16(21)12-5-3-7-14(20)9-12/h3-9,11,21H,10H2,1-2H3,(H3,22,24,25,26). The summed E-state index contributed by atoms with van der Waals surface area (Å²) in [5.41, 5.74) is 7.74. The zero-order valence-electron chi connectivity index (χ0n) is 15.1. The smallest absolute Gasteiger partial charge is 0.141 e. The van der Waals surface area contributed by atoms with Gasteiger partial charge in [0.05, 0.1) is 11.3 Å². The molecule has 1 aromatic carbocycles. The Morgan fingerprint density at radius 1 is 1.19 bits per heavy atom. The number of benzene rings is 1. The van der Waals surface area contributed by atoms with Gasteiger partial charge in [0.2, 0.25) is 0 Å². The number of hydrogen-bond donors (Lipinski definition) is 3. The Morgan fingerprint density at radius 3 is 2.74 bits per heavy atom. The highest BCUT2D eigenvalue weighted by molar-refractivity contribution is 6.16. The van der Waals surface area contributed by atoms with Crippen LogP contribution in [0.2, 0.25) is 0 Å². The molecule has 8 heteroatoms. The summed E-state index contributed by atoms with van der Waals surface area (Å²) < 4.78 is 13.5. The van der Waals surface area contributed by atoms with Crippen LogP contribution in [-0.2, 0) is 6.54 Å². The molecule has 3 aromatic rings. The molecule has 0 bridgehead atoms. The summed E-state index contributed by atoms with van der Waals surface area (Å²) in [6.45, 7) is 0.432. The summed E-state index contributed by atoms with van der Waals surface area (Å²) in [7, 11) is 3.83. The molecule has 0 fully saturated rings. The van der Waals surface area contributed by atoms with Crippen molar-refractivity contribution in [3.05, 3.63) is 71.4 Å². The number of nitrogen functional groups attached to an aromatic ring is 1. The number of nitrogens with zero attached hydrogens (tertiary/aromatic N) is 4. The van der Waals surface area contributed by atoms with Gasteiger partial charge in [0, 0.05) is 38.0 Å². The minimum absolute atomic E-state index is 0.0501. The first kappa shape index (κ1) is 18.2. The average Bonchev–Trinajstić information content (AvgIpc) is 2.66. The van der Waals surface area contributed by atoms with Gasteiger partial charge in [-0.25, -0.2) is 19.3 Å². The number of anilines is 3. The SMILES string of the molecule is CN(C)c1ncccc1CNc1ncnc(N)c1C(=N)c1cccc(F)c1. The van der Waals surface area contributed by atoms with Gasteiger partial charge >= 0.3 is 0 Å². The van der Waals surface area contributed by atoms with E-state index < -0.39 is 5.82 Å². The van der Waals surface area contributed by atoms with Crippen LogP contribution < -0.4 is 16.0 Å². The second-order valence-electron chi connectivity index (χ2n) is 6.10. The van der Waals surface area contributed by atoms with E-state index >= 15 is 0 Å². The lowest BCUT2D eigenvalue weighted by molar-refractivity contribution is 0.627. The lowest BCUT2D eigenvalue weighted by Crippen LogP contribution is -2.17. The Hall–Kier alpha value is -3.55. The maximum atomic E-state index is 13.5. The minimum Gasteiger partial charge on any atom is -0.383 e. The third kappa shape index (κ3) is 4.00. The molecule has 2 heterocycles. The van der Waals surface area contributed by atoms with Crippen LogP contribution >= 0.6 is 0 Å². The first-order valence-corrected chi connectivity index (χ1v) is 8.27. The van der Waals surface area contributed by atoms with Crippen molar-refractivity contribution in [2.45, 2.75) is 6.54 Å². The first-order chi connectivity index (χ1) is 13.0. The highest BCUT2D eigenvalue weighted by Gasteiger charge is 2.17. The number of halogens is 1. The average molecular weight is 365 g/mol. The normalized spacial score (nSPS) is 10.5. The molecule has 27 heavy (non-hydrogen) atoms. The molecule has 0 unspecified atom stereocenters. The van der Waals surface area contributed by atoms with E-state index in [9.17, 15) is 4.39 Å². The molecule has 4 N–H and O–H groups in total. The molecule has 0 aliphatic carbocycles. The molecular weight excluding hydrogens is 345 g/mol. The van der Waals surface area contributed by atoms with Crippen LogP contribution in [0.4, 0.5) is 21.8 Å². The third-order valence-electron chi connectivity index (χ3n) is 3.98. The monoisotopic (exact) mass is 365 g/mol. The largest absolute Gasteiger partial charge is 0.383 e. The van der Waals surface area contributed by atoms with Gasteiger partial charge in [0.1, 0.15) is 29.6 Å². The van der Waals surface area contributed by atoms with Gasteiger partial charge in [-0.15, -0.1) is 0 Å². The van der Waals surface area contributed by atoms with Crippen molar-refractivity contribution in [3.8, 4) is 0 Å². The van der Waals surface area contributed by atoms with E-state index in [0.29, 0.717) is 23.5 Å². The molecule has 0 saturated heterocycles. The summed E-state index contributed by atoms with van der Waals surface area (Å²) in [6, 6.07) is 9.61. The van der Waals surface area contributed by atoms with Crippen LogP contribution in [0, 0.1) is 11.2 Å². The number of rotatable bonds is 6. The van der Waals surface area contributed by atoms with E-state index in [2.05, 4.69) is 20.3 Å². The molecule has 2 aromatic heterocycles. The second-order valence-corrected chi connectivity index (χ2v) is 6.10. The van der Waals surface area contributed by atoms with Crippen LogP contribution in [0.3, 0.4) is 0 Å². The van der Waals surface area contributed by atoms with Crippen LogP contribution in [-0.4, -0.2) is 34.8 Å². The van der Waals surface area contributed by atoms with Crippen LogP contribution in [0.25, 0.3) is 0 Å². The maximum Gasteiger partial charge on any atom is 0.141 e. The van der Waals surface area contributed by atoms with E-state index in [4.69, 9.17) is 11.1 Å². The van der Waals surface area contributed by atoms with E-state index in [1.165, 1.54) is 18.5 Å². The van der Waals surface area contributed by atoms with Gasteiger partial charge in [0.15, 0.2) is 0 Å². The molecule has 0 spiro atoms. The van der Waals surface area contributed by atoms with Crippen molar-refractivity contribution in [3.63, 3.8) is 0 Å². The molecule has 0 aliphatic rings. The molecule has 3 rings (SSSR count). The predicted octanol–water partition coefficient (Wildman–Crippen LogP) is 2.69. The molecular formula is C19H20FN7. The van der Waals surface area contributed by atoms with Crippen molar-refractivity contribution < 1.29 is 4.39 Å². The molecule has 7 nitrogen and oxygen atoms in total. The van der Waals surface area contributed by atoms with Crippen molar-refractivity contribution in [1.29, 1.82) is 5.41 Å². The number of nitrogens with one attached hydrogen (secondary N) is 2. The van der Waals surface area contributed by atoms with Gasteiger partial charge in [-0.05, 0) is 18.2 Å². The fourth-order valence-corrected chi connectivity index (χ4v) is 2.72. The van der Waals surface area contributed by atoms with E-state index in [-0.39, 0.29) is 11.5 Å². The molecule has 0 saturated carbocycles. The topological polar surface area (TPSA) is 104 Å². The Balaban J connectivity index is 1.92. The summed E-state index contributed by atoms with van der Waals surface area (Å²) in [4.78, 5) is 14.5. The fourth-order valence-electron chi connectivity index (χ4n) is 2.72. The molecule has 0 radical (unpaired) electrons. The Kier molecular flexibility index (Phi) is 5.25. The lowest BCUT2D eigenvalue weighted by Gasteiger charge is -2.17. The van der Waals surface area contributed by atoms with Crippen LogP contribution in [0.5, 0.6) is 0 Å². The number of hydrogen-bond acceptors (Lipinski definition) is 7. The summed E-state index contributed by atoms with van der Waals surface area (Å²) in [6.07, 6.45) is 3.06. The fraction of sp³-hybridized carbons (Fsp3) is 0.158. The molecule has 138 valence electrons. The van der Waals surface area contributed by atoms with Gasteiger partial charge in [0.25, 0.3) is 0 Å². The Labute approximate surface area is 156 Å². The van der Waals surface area contributed by atoms with E-state index in [1.54, 1.807) is 18.3 Å². The third-order valence-corrected chi connectivity index (χ3v) is 3.98. The molecule has 0 aliphatic heterocycles. The van der Waals surface area contributed by atoms with Crippen LogP contribution in [0.1, 0.15) is 16.7 Å².